The molecule has 0 aromatic rings. The number of hydrogen-bond donors (Lipinski definition) is 6. The Kier molecular flexibility index (Phi) is 50.9. The van der Waals surface area contributed by atoms with Gasteiger partial charge in [-0.25, -0.2) is 28.4 Å². The fourth-order valence-electron chi connectivity index (χ4n) is 2.43. The van der Waals surface area contributed by atoms with Gasteiger partial charge in [0.15, 0.2) is 0 Å². The van der Waals surface area contributed by atoms with Crippen molar-refractivity contribution in [2.24, 2.45) is 5.41 Å². The maximum Gasteiger partial charge on any atom is 0.101 e. The van der Waals surface area contributed by atoms with Crippen LogP contribution in [0.3, 0.4) is 0 Å². The summed E-state index contributed by atoms with van der Waals surface area (Å²) in [6, 6.07) is 0. The van der Waals surface area contributed by atoms with E-state index in [4.69, 9.17) is 39.4 Å². The van der Waals surface area contributed by atoms with Gasteiger partial charge in [-0.1, -0.05) is 12.2 Å². The Bertz CT molecular complexity index is 514. The van der Waals surface area contributed by atoms with Gasteiger partial charge in [-0.05, 0) is 0 Å². The van der Waals surface area contributed by atoms with Crippen molar-refractivity contribution in [3.05, 3.63) is 53.7 Å². The van der Waals surface area contributed by atoms with E-state index in [1.165, 1.54) is 0 Å². The number of rotatable bonds is 26. The number of aliphatic hydroxyl groups is 6. The molecule has 0 aliphatic heterocycles. The van der Waals surface area contributed by atoms with E-state index >= 15 is 0 Å². The first-order valence-corrected chi connectivity index (χ1v) is 12.6. The van der Waals surface area contributed by atoms with Gasteiger partial charge in [-0.3, -0.25) is 0 Å². The first kappa shape index (κ1) is 55.8. The molecule has 0 saturated carbocycles. The average molecular weight is 1670 g/mol. The van der Waals surface area contributed by atoms with Crippen molar-refractivity contribution in [1.82, 2.24) is 0 Å². The minimum absolute atomic E-state index is 0. The van der Waals surface area contributed by atoms with Crippen molar-refractivity contribution in [3.8, 4) is 0 Å². The molecule has 4 atom stereocenters. The van der Waals surface area contributed by atoms with Gasteiger partial charge in [-0.2, -0.15) is 0 Å². The number of hydrogen-bond acceptors (Lipinski definition) is 14. The number of aliphatic hydroxyl groups excluding tert-OH is 6. The smallest absolute Gasteiger partial charge is 0.101 e. The minimum atomic E-state index is -0.774. The van der Waals surface area contributed by atoms with E-state index in [0.717, 1.165) is 0 Å². The molecule has 0 aliphatic carbocycles. The van der Waals surface area contributed by atoms with E-state index in [2.05, 4.69) is 60.5 Å². The van der Waals surface area contributed by atoms with Crippen molar-refractivity contribution in [1.29, 1.82) is 0 Å². The summed E-state index contributed by atoms with van der Waals surface area (Å²) in [7, 11) is 12.5. The normalized spacial score (nSPS) is 12.8. The van der Waals surface area contributed by atoms with Crippen molar-refractivity contribution in [2.75, 3.05) is 92.5 Å². The predicted molar refractivity (Wildman–Crippen MR) is 150 cm³/mol. The fourth-order valence-corrected chi connectivity index (χ4v) is 2.43. The van der Waals surface area contributed by atoms with Crippen molar-refractivity contribution in [2.45, 2.75) is 24.4 Å². The van der Waals surface area contributed by atoms with Crippen LogP contribution >= 0.6 is 0 Å². The van der Waals surface area contributed by atoms with Crippen LogP contribution < -0.4 is 0 Å². The summed E-state index contributed by atoms with van der Waals surface area (Å²) in [5, 5.41) is 54.7. The van der Waals surface area contributed by atoms with Crippen molar-refractivity contribution in [3.63, 3.8) is 0 Å². The molecule has 45 heavy (non-hydrogen) atoms. The maximum absolute atomic E-state index is 9.31. The third kappa shape index (κ3) is 38.9. The second-order valence-electron chi connectivity index (χ2n) is 8.60. The molecule has 256 valence electrons. The zero-order chi connectivity index (χ0) is 31.8. The molecule has 18 heteroatoms. The molecule has 0 saturated heterocycles. The van der Waals surface area contributed by atoms with E-state index in [9.17, 15) is 10.2 Å². The summed E-state index contributed by atoms with van der Waals surface area (Å²) in [6.45, 7) is 8.66. The maximum atomic E-state index is 9.31. The Balaban J connectivity index is -0.0000000933. The van der Waals surface area contributed by atoms with Crippen molar-refractivity contribution < 1.29 is 68.5 Å². The monoisotopic (exact) mass is 1670 g/mol. The minimum Gasteiger partial charge on any atom is -0.554 e. The topological polar surface area (TPSA) is 195 Å². The Hall–Kier alpha value is -5.08. The Morgan fingerprint density at radius 1 is 0.489 bits per heavy atom. The molecule has 4 unspecified atom stereocenters. The molecule has 0 aliphatic rings. The van der Waals surface area contributed by atoms with Crippen LogP contribution in [0.1, 0.15) is 0 Å². The molecule has 0 aromatic heterocycles. The molecule has 0 rings (SSSR count). The van der Waals surface area contributed by atoms with Gasteiger partial charge in [-0.15, -0.1) is 13.2 Å². The largest absolute Gasteiger partial charge is 0.554 e. The van der Waals surface area contributed by atoms with E-state index in [1.54, 1.807) is 12.2 Å². The third-order valence-corrected chi connectivity index (χ3v) is 4.44. The fraction of sp³-hybridized carbons (Fsp3) is 0.704. The summed E-state index contributed by atoms with van der Waals surface area (Å²) in [4.78, 5) is 0. The van der Waals surface area contributed by atoms with E-state index in [-0.39, 0.29) is 79.3 Å². The summed E-state index contributed by atoms with van der Waals surface area (Å²) in [5.74, 6) is 0. The number of ether oxygens (including phenoxy) is 8. The van der Waals surface area contributed by atoms with E-state index < -0.39 is 29.8 Å². The molecular weight excluding hydrogens is 1620 g/mol. The average Bonchev–Trinajstić information content (AvgIpc) is 2.94. The van der Waals surface area contributed by atoms with Crippen LogP contribution in [0.25, 0.3) is 0 Å². The summed E-state index contributed by atoms with van der Waals surface area (Å²) in [6.07, 6.45) is 0.370. The summed E-state index contributed by atoms with van der Waals surface area (Å²) >= 11 is 0. The Morgan fingerprint density at radius 3 is 0.978 bits per heavy atom. The zero-order valence-electron chi connectivity index (χ0n) is 26.9. The van der Waals surface area contributed by atoms with E-state index in [1.807, 2.05) is 0 Å². The van der Waals surface area contributed by atoms with Crippen LogP contribution in [0, 0.1) is 33.9 Å². The van der Waals surface area contributed by atoms with Gasteiger partial charge < -0.3 is 68.5 Å². The van der Waals surface area contributed by atoms with Crippen LogP contribution in [0.15, 0.2) is 25.3 Å². The van der Waals surface area contributed by atoms with Crippen LogP contribution in [0.4, 0.5) is 0 Å². The molecular formula is C27H52O14Rf4-4. The van der Waals surface area contributed by atoms with Crippen LogP contribution in [0.2, 0.25) is 0 Å². The van der Waals surface area contributed by atoms with Gasteiger partial charge in [0.1, 0.15) is 12.2 Å². The molecule has 0 bridgehead atoms. The zero-order valence-corrected chi connectivity index (χ0v) is 52.5. The molecule has 0 heterocycles. The van der Waals surface area contributed by atoms with Crippen molar-refractivity contribution >= 4 is 0 Å². The molecule has 0 amide bonds. The van der Waals surface area contributed by atoms with Gasteiger partial charge in [0.25, 0.3) is 0 Å². The molecule has 6 N–H and O–H groups in total. The Labute approximate surface area is 245 Å². The molecule has 0 aromatic carbocycles. The molecule has 0 fully saturated rings. The third-order valence-electron chi connectivity index (χ3n) is 4.44. The first-order valence-electron chi connectivity index (χ1n) is 12.6. The first-order chi connectivity index (χ1) is 19.6. The molecule has 0 spiro atoms. The predicted octanol–water partition coefficient (Wildman–Crippen LogP) is -0.955. The van der Waals surface area contributed by atoms with Gasteiger partial charge in [0.05, 0.1) is 83.7 Å². The SMILES string of the molecule is C=CCOCC(O)COCC(O)CO[CH2-].C=CCOCC(O)COCC(O)CO[CH2-].[CH2-]OCC(CO)(CO)CO[CH2-].[Rf].[Rf].[Rf].[Rf]. The van der Waals surface area contributed by atoms with Gasteiger partial charge >= 0.3 is 0 Å². The quantitative estimate of drug-likeness (QED) is 0.0353. The molecule has 14 nitrogen and oxygen atoms in total. The van der Waals surface area contributed by atoms with Gasteiger partial charge in [0.2, 0.25) is 0 Å². The van der Waals surface area contributed by atoms with Crippen LogP contribution in [-0.4, -0.2) is 148 Å². The van der Waals surface area contributed by atoms with Crippen LogP contribution in [0.5, 0.6) is 0 Å². The van der Waals surface area contributed by atoms with Gasteiger partial charge in [0, 0.05) is 26.4 Å². The second-order valence-corrected chi connectivity index (χ2v) is 8.60. The standard InChI is InChI=1S/2C10H19O5.C7H14O4.4Rf/c2*1-3-4-14-6-10(12)8-15-7-9(11)5-13-2;1-10-5-7(3-8,4-9)6-11-2;;;;/h2*3,9-12H,1-2,4-8H2;8-9H,1-6H2;;;;/q2*-1;-2;;;;. The van der Waals surface area contributed by atoms with Crippen LogP contribution in [-0.2, 0) is 37.9 Å². The molecule has 0 radical (unpaired) electrons. The Morgan fingerprint density at radius 2 is 0.756 bits per heavy atom. The summed E-state index contributed by atoms with van der Waals surface area (Å²) in [5.41, 5.74) is -0.774. The van der Waals surface area contributed by atoms with E-state index in [0.29, 0.717) is 13.2 Å². The second kappa shape index (κ2) is 41.1. The summed E-state index contributed by atoms with van der Waals surface area (Å²) < 4.78 is 38.1.